The summed E-state index contributed by atoms with van der Waals surface area (Å²) in [5.41, 5.74) is 0.727. The van der Waals surface area contributed by atoms with E-state index in [2.05, 4.69) is 20.1 Å². The largest absolute Gasteiger partial charge is 0.508 e. The van der Waals surface area contributed by atoms with Gasteiger partial charge in [-0.25, -0.2) is 9.78 Å². The number of phenols is 1. The molecule has 0 amide bonds. The van der Waals surface area contributed by atoms with Crippen molar-refractivity contribution in [2.24, 2.45) is 0 Å². The quantitative estimate of drug-likeness (QED) is 0.159. The minimum Gasteiger partial charge on any atom is -0.508 e. The monoisotopic (exact) mass is 694 g/mol. The summed E-state index contributed by atoms with van der Waals surface area (Å²) >= 11 is 0. The molecule has 2 N–H and O–H groups in total. The van der Waals surface area contributed by atoms with E-state index < -0.39 is 28.7 Å². The number of benzene rings is 4. The molecule has 51 heavy (non-hydrogen) atoms. The molecule has 11 nitrogen and oxygen atoms in total. The number of aromatic amines is 1. The van der Waals surface area contributed by atoms with E-state index in [9.17, 15) is 27.9 Å². The average molecular weight is 695 g/mol. The Bertz CT molecular complexity index is 2420. The molecule has 3 heterocycles. The molecule has 0 saturated carbocycles. The SMILES string of the molecule is O=c1c2[nH]c(-c3ccc(OCc4noc(-c5ccc(O)cc5C(F)(F)F)n4)cc3)nc2n(CCc2ccccc2)c(=O)n1CCc1ccccc1. The van der Waals surface area contributed by atoms with Crippen LogP contribution in [0.4, 0.5) is 13.2 Å². The number of fused-ring (bicyclic) bond motifs is 1. The fourth-order valence-electron chi connectivity index (χ4n) is 5.71. The third kappa shape index (κ3) is 7.15. The number of imidazole rings is 1. The number of phenolic OH excluding ortho intramolecular Hbond substituents is 1. The van der Waals surface area contributed by atoms with Gasteiger partial charge in [0.25, 0.3) is 11.4 Å². The first-order chi connectivity index (χ1) is 24.6. The van der Waals surface area contributed by atoms with Crippen molar-refractivity contribution in [1.29, 1.82) is 0 Å². The van der Waals surface area contributed by atoms with Crippen LogP contribution < -0.4 is 16.0 Å². The smallest absolute Gasteiger partial charge is 0.417 e. The number of H-pyrrole nitrogens is 1. The lowest BCUT2D eigenvalue weighted by molar-refractivity contribution is -0.137. The van der Waals surface area contributed by atoms with Crippen LogP contribution in [0.5, 0.6) is 11.5 Å². The highest BCUT2D eigenvalue weighted by Gasteiger charge is 2.35. The van der Waals surface area contributed by atoms with Gasteiger partial charge >= 0.3 is 11.9 Å². The molecule has 0 bridgehead atoms. The summed E-state index contributed by atoms with van der Waals surface area (Å²) in [7, 11) is 0. The number of nitrogens with zero attached hydrogens (tertiary/aromatic N) is 5. The van der Waals surface area contributed by atoms with Crippen LogP contribution in [0.2, 0.25) is 0 Å². The molecule has 7 rings (SSSR count). The normalized spacial score (nSPS) is 11.7. The highest BCUT2D eigenvalue weighted by molar-refractivity contribution is 5.75. The molecule has 0 fully saturated rings. The standard InChI is InChI=1S/C37H29F3N6O5/c38-37(39,40)29-21-26(47)13-16-28(29)34-41-30(44-51-34)22-50-27-14-11-25(12-15-27)32-42-31-33(43-32)45(19-17-23-7-3-1-4-8-23)36(49)46(35(31)48)20-18-24-9-5-2-6-10-24/h1-16,21,47H,17-20,22H2,(H,42,43). The minimum atomic E-state index is -4.75. The number of alkyl halides is 3. The van der Waals surface area contributed by atoms with E-state index >= 15 is 0 Å². The van der Waals surface area contributed by atoms with Crippen molar-refractivity contribution < 1.29 is 27.5 Å². The minimum absolute atomic E-state index is 0.00424. The van der Waals surface area contributed by atoms with Crippen LogP contribution in [0.25, 0.3) is 34.0 Å². The van der Waals surface area contributed by atoms with Crippen molar-refractivity contribution in [1.82, 2.24) is 29.2 Å². The summed E-state index contributed by atoms with van der Waals surface area (Å²) < 4.78 is 54.1. The molecule has 0 aliphatic heterocycles. The topological polar surface area (TPSA) is 141 Å². The van der Waals surface area contributed by atoms with Crippen molar-refractivity contribution in [3.63, 3.8) is 0 Å². The Morgan fingerprint density at radius 1 is 0.804 bits per heavy atom. The van der Waals surface area contributed by atoms with Crippen molar-refractivity contribution in [2.45, 2.75) is 38.7 Å². The van der Waals surface area contributed by atoms with Crippen LogP contribution in [0.15, 0.2) is 117 Å². The number of aromatic hydroxyl groups is 1. The molecule has 0 aliphatic carbocycles. The van der Waals surface area contributed by atoms with Crippen LogP contribution >= 0.6 is 0 Å². The number of halogens is 3. The van der Waals surface area contributed by atoms with Crippen molar-refractivity contribution >= 4 is 11.2 Å². The van der Waals surface area contributed by atoms with Gasteiger partial charge in [0.05, 0.1) is 11.1 Å². The molecule has 0 atom stereocenters. The summed E-state index contributed by atoms with van der Waals surface area (Å²) in [5.74, 6) is -0.148. The maximum absolute atomic E-state index is 13.8. The lowest BCUT2D eigenvalue weighted by Crippen LogP contribution is -2.41. The van der Waals surface area contributed by atoms with Crippen molar-refractivity contribution in [2.75, 3.05) is 0 Å². The van der Waals surface area contributed by atoms with Gasteiger partial charge in [0, 0.05) is 18.7 Å². The first kappa shape index (κ1) is 33.1. The summed E-state index contributed by atoms with van der Waals surface area (Å²) in [4.78, 5) is 39.3. The van der Waals surface area contributed by atoms with Gasteiger partial charge in [0.2, 0.25) is 5.82 Å². The molecule has 7 aromatic rings. The first-order valence-corrected chi connectivity index (χ1v) is 15.9. The van der Waals surface area contributed by atoms with Gasteiger partial charge in [-0.05, 0) is 66.4 Å². The maximum atomic E-state index is 13.8. The summed E-state index contributed by atoms with van der Waals surface area (Å²) in [6.07, 6.45) is -3.69. The van der Waals surface area contributed by atoms with Crippen LogP contribution in [0.1, 0.15) is 22.5 Å². The Morgan fingerprint density at radius 2 is 1.45 bits per heavy atom. The number of aryl methyl sites for hydroxylation is 3. The Morgan fingerprint density at radius 3 is 2.10 bits per heavy atom. The van der Waals surface area contributed by atoms with E-state index in [-0.39, 0.29) is 41.6 Å². The molecule has 258 valence electrons. The third-order valence-electron chi connectivity index (χ3n) is 8.30. The first-order valence-electron chi connectivity index (χ1n) is 15.9. The Balaban J connectivity index is 1.12. The molecule has 0 aliphatic rings. The summed E-state index contributed by atoms with van der Waals surface area (Å²) in [6.45, 7) is 0.302. The van der Waals surface area contributed by atoms with Gasteiger partial charge in [-0.3, -0.25) is 13.9 Å². The van der Waals surface area contributed by atoms with E-state index in [4.69, 9.17) is 9.26 Å². The molecule has 0 saturated heterocycles. The number of rotatable bonds is 11. The van der Waals surface area contributed by atoms with Crippen molar-refractivity contribution in [3.8, 4) is 34.3 Å². The van der Waals surface area contributed by atoms with Crippen LogP contribution in [0, 0.1) is 0 Å². The average Bonchev–Trinajstić information content (AvgIpc) is 3.80. The van der Waals surface area contributed by atoms with Crippen LogP contribution in [-0.4, -0.2) is 34.3 Å². The molecular formula is C37H29F3N6O5. The highest BCUT2D eigenvalue weighted by atomic mass is 19.4. The Labute approximate surface area is 287 Å². The van der Waals surface area contributed by atoms with Gasteiger partial charge in [0.15, 0.2) is 12.3 Å². The Kier molecular flexibility index (Phi) is 8.96. The zero-order chi connectivity index (χ0) is 35.5. The molecule has 14 heteroatoms. The number of nitrogens with one attached hydrogen (secondary N) is 1. The molecule has 0 radical (unpaired) electrons. The summed E-state index contributed by atoms with van der Waals surface area (Å²) in [6, 6.07) is 28.8. The molecule has 3 aromatic heterocycles. The zero-order valence-corrected chi connectivity index (χ0v) is 26.8. The lowest BCUT2D eigenvalue weighted by atomic mass is 10.1. The number of ether oxygens (including phenoxy) is 1. The second kappa shape index (κ2) is 13.8. The molecule has 0 spiro atoms. The van der Waals surface area contributed by atoms with Gasteiger partial charge in [-0.1, -0.05) is 65.8 Å². The van der Waals surface area contributed by atoms with Gasteiger partial charge < -0.3 is 19.4 Å². The molecular weight excluding hydrogens is 665 g/mol. The Hall–Kier alpha value is -6.44. The molecule has 0 unspecified atom stereocenters. The maximum Gasteiger partial charge on any atom is 0.417 e. The van der Waals surface area contributed by atoms with Gasteiger partial charge in [-0.2, -0.15) is 18.2 Å². The summed E-state index contributed by atoms with van der Waals surface area (Å²) in [5, 5.41) is 13.3. The molecule has 4 aromatic carbocycles. The zero-order valence-electron chi connectivity index (χ0n) is 26.8. The second-order valence-corrected chi connectivity index (χ2v) is 11.7. The highest BCUT2D eigenvalue weighted by Crippen LogP contribution is 2.38. The van der Waals surface area contributed by atoms with E-state index in [1.54, 1.807) is 24.3 Å². The van der Waals surface area contributed by atoms with E-state index in [0.29, 0.717) is 42.6 Å². The number of hydrogen-bond donors (Lipinski definition) is 2. The fraction of sp³-hybridized carbons (Fsp3) is 0.162. The lowest BCUT2D eigenvalue weighted by Gasteiger charge is -2.11. The van der Waals surface area contributed by atoms with E-state index in [1.807, 2.05) is 60.7 Å². The fourth-order valence-corrected chi connectivity index (χ4v) is 5.71. The number of hydrogen-bond acceptors (Lipinski definition) is 8. The van der Waals surface area contributed by atoms with Gasteiger partial charge in [-0.15, -0.1) is 0 Å². The van der Waals surface area contributed by atoms with Crippen LogP contribution in [-0.2, 0) is 38.7 Å². The van der Waals surface area contributed by atoms with E-state index in [0.717, 1.165) is 23.3 Å². The van der Waals surface area contributed by atoms with Gasteiger partial charge in [0.1, 0.15) is 22.8 Å². The predicted molar refractivity (Wildman–Crippen MR) is 181 cm³/mol. The van der Waals surface area contributed by atoms with Crippen LogP contribution in [0.3, 0.4) is 0 Å². The van der Waals surface area contributed by atoms with E-state index in [1.165, 1.54) is 9.13 Å². The predicted octanol–water partition coefficient (Wildman–Crippen LogP) is 6.39. The van der Waals surface area contributed by atoms with Crippen molar-refractivity contribution in [3.05, 3.63) is 146 Å². The third-order valence-corrected chi connectivity index (χ3v) is 8.30. The number of aromatic nitrogens is 6. The second-order valence-electron chi connectivity index (χ2n) is 11.7.